The van der Waals surface area contributed by atoms with Gasteiger partial charge in [0.1, 0.15) is 5.75 Å². The number of sulfonamides is 1. The van der Waals surface area contributed by atoms with Crippen LogP contribution in [0.3, 0.4) is 0 Å². The van der Waals surface area contributed by atoms with Gasteiger partial charge in [-0.1, -0.05) is 18.9 Å². The summed E-state index contributed by atoms with van der Waals surface area (Å²) in [6, 6.07) is 9.09. The van der Waals surface area contributed by atoms with Crippen LogP contribution in [0.5, 0.6) is 5.75 Å². The molecule has 0 bridgehead atoms. The van der Waals surface area contributed by atoms with E-state index in [9.17, 15) is 26.4 Å². The number of rotatable bonds is 5. The van der Waals surface area contributed by atoms with E-state index >= 15 is 0 Å². The molecule has 1 N–H and O–H groups in total. The smallest absolute Gasteiger partial charge is 0.406 e. The van der Waals surface area contributed by atoms with Crippen molar-refractivity contribution in [3.8, 4) is 5.75 Å². The van der Waals surface area contributed by atoms with Crippen LogP contribution < -0.4 is 10.1 Å². The van der Waals surface area contributed by atoms with Gasteiger partial charge >= 0.3 is 6.36 Å². The van der Waals surface area contributed by atoms with Crippen LogP contribution in [0.25, 0.3) is 0 Å². The summed E-state index contributed by atoms with van der Waals surface area (Å²) >= 11 is 0. The predicted molar refractivity (Wildman–Crippen MR) is 109 cm³/mol. The van der Waals surface area contributed by atoms with E-state index < -0.39 is 28.0 Å². The summed E-state index contributed by atoms with van der Waals surface area (Å²) in [5, 5.41) is 2.57. The van der Waals surface area contributed by atoms with E-state index in [0.717, 1.165) is 37.8 Å². The minimum absolute atomic E-state index is 0.0408. The molecule has 0 atom stereocenters. The number of halogens is 3. The molecular formula is C21H23F3N2O4S. The predicted octanol–water partition coefficient (Wildman–Crippen LogP) is 4.71. The number of nitrogens with zero attached hydrogens (tertiary/aromatic N) is 1. The third-order valence-corrected chi connectivity index (χ3v) is 6.90. The number of anilines is 1. The van der Waals surface area contributed by atoms with Crippen molar-refractivity contribution >= 4 is 21.6 Å². The molecule has 1 aliphatic rings. The van der Waals surface area contributed by atoms with Gasteiger partial charge in [0, 0.05) is 24.3 Å². The molecule has 1 saturated heterocycles. The van der Waals surface area contributed by atoms with Crippen LogP contribution in [0.2, 0.25) is 0 Å². The second-order valence-corrected chi connectivity index (χ2v) is 9.26. The van der Waals surface area contributed by atoms with Crippen molar-refractivity contribution in [3.05, 3.63) is 53.6 Å². The van der Waals surface area contributed by atoms with Crippen LogP contribution in [0.4, 0.5) is 18.9 Å². The summed E-state index contributed by atoms with van der Waals surface area (Å²) in [5.41, 5.74) is 0.996. The summed E-state index contributed by atoms with van der Waals surface area (Å²) in [4.78, 5) is 12.8. The highest BCUT2D eigenvalue weighted by Crippen LogP contribution is 2.26. The number of benzene rings is 2. The third-order valence-electron chi connectivity index (χ3n) is 5.00. The summed E-state index contributed by atoms with van der Waals surface area (Å²) in [6.45, 7) is 2.58. The first-order valence-corrected chi connectivity index (χ1v) is 11.3. The van der Waals surface area contributed by atoms with Gasteiger partial charge in [0.05, 0.1) is 4.90 Å². The first-order valence-electron chi connectivity index (χ1n) is 9.84. The fourth-order valence-electron chi connectivity index (χ4n) is 3.38. The molecule has 0 saturated carbocycles. The van der Waals surface area contributed by atoms with Crippen molar-refractivity contribution in [1.82, 2.24) is 4.31 Å². The van der Waals surface area contributed by atoms with Crippen LogP contribution in [0, 0.1) is 6.92 Å². The van der Waals surface area contributed by atoms with Gasteiger partial charge < -0.3 is 10.1 Å². The maximum Gasteiger partial charge on any atom is 0.573 e. The molecule has 1 heterocycles. The van der Waals surface area contributed by atoms with Crippen LogP contribution >= 0.6 is 0 Å². The summed E-state index contributed by atoms with van der Waals surface area (Å²) < 4.78 is 68.1. The summed E-state index contributed by atoms with van der Waals surface area (Å²) in [5.74, 6) is -0.970. The first kappa shape index (κ1) is 23.1. The lowest BCUT2D eigenvalue weighted by Crippen LogP contribution is -2.32. The van der Waals surface area contributed by atoms with Crippen molar-refractivity contribution in [2.45, 2.75) is 43.9 Å². The number of carbonyl (C=O) groups is 1. The molecule has 31 heavy (non-hydrogen) atoms. The molecule has 0 aromatic heterocycles. The minimum Gasteiger partial charge on any atom is -0.406 e. The largest absolute Gasteiger partial charge is 0.573 e. The van der Waals surface area contributed by atoms with Gasteiger partial charge in [0.25, 0.3) is 5.91 Å². The second-order valence-electron chi connectivity index (χ2n) is 7.32. The SMILES string of the molecule is Cc1ccc(S(=O)(=O)N2CCCCCC2)cc1C(=O)Nc1ccc(OC(F)(F)F)cc1. The third kappa shape index (κ3) is 5.98. The van der Waals surface area contributed by atoms with E-state index in [1.54, 1.807) is 13.0 Å². The van der Waals surface area contributed by atoms with Gasteiger partial charge in [0.2, 0.25) is 10.0 Å². The monoisotopic (exact) mass is 456 g/mol. The highest BCUT2D eigenvalue weighted by Gasteiger charge is 2.31. The number of alkyl halides is 3. The lowest BCUT2D eigenvalue weighted by atomic mass is 10.1. The minimum atomic E-state index is -4.80. The highest BCUT2D eigenvalue weighted by atomic mass is 32.2. The quantitative estimate of drug-likeness (QED) is 0.707. The molecule has 3 rings (SSSR count). The van der Waals surface area contributed by atoms with Gasteiger partial charge in [-0.25, -0.2) is 8.42 Å². The second kappa shape index (κ2) is 9.27. The Morgan fingerprint density at radius 2 is 1.61 bits per heavy atom. The lowest BCUT2D eigenvalue weighted by Gasteiger charge is -2.20. The van der Waals surface area contributed by atoms with Gasteiger partial charge in [-0.05, 0) is 61.7 Å². The number of ether oxygens (including phenoxy) is 1. The van der Waals surface area contributed by atoms with Crippen molar-refractivity contribution in [2.24, 2.45) is 0 Å². The highest BCUT2D eigenvalue weighted by molar-refractivity contribution is 7.89. The number of nitrogens with one attached hydrogen (secondary N) is 1. The zero-order chi connectivity index (χ0) is 22.6. The van der Waals surface area contributed by atoms with Crippen molar-refractivity contribution < 1.29 is 31.1 Å². The number of hydrogen-bond acceptors (Lipinski definition) is 4. The Bertz CT molecular complexity index is 1030. The topological polar surface area (TPSA) is 75.7 Å². The van der Waals surface area contributed by atoms with E-state index in [1.165, 1.54) is 28.6 Å². The molecule has 0 radical (unpaired) electrons. The van der Waals surface area contributed by atoms with Crippen LogP contribution in [0.1, 0.15) is 41.6 Å². The Morgan fingerprint density at radius 3 is 2.19 bits per heavy atom. The molecule has 10 heteroatoms. The zero-order valence-corrected chi connectivity index (χ0v) is 17.7. The molecule has 1 aliphatic heterocycles. The van der Waals surface area contributed by atoms with E-state index in [-0.39, 0.29) is 16.1 Å². The van der Waals surface area contributed by atoms with E-state index in [0.29, 0.717) is 18.7 Å². The zero-order valence-electron chi connectivity index (χ0n) is 16.9. The Labute approximate surface area is 179 Å². The Balaban J connectivity index is 1.78. The molecule has 168 valence electrons. The molecular weight excluding hydrogens is 433 g/mol. The molecule has 6 nitrogen and oxygen atoms in total. The molecule has 2 aromatic rings. The molecule has 1 amide bonds. The fourth-order valence-corrected chi connectivity index (χ4v) is 4.92. The Hall–Kier alpha value is -2.59. The molecule has 0 spiro atoms. The first-order chi connectivity index (χ1) is 14.6. The van der Waals surface area contributed by atoms with Gasteiger partial charge in [-0.2, -0.15) is 4.31 Å². The maximum atomic E-state index is 13.0. The number of amides is 1. The lowest BCUT2D eigenvalue weighted by molar-refractivity contribution is -0.274. The molecule has 0 aliphatic carbocycles. The average Bonchev–Trinajstić information content (AvgIpc) is 2.98. The average molecular weight is 456 g/mol. The van der Waals surface area contributed by atoms with Crippen molar-refractivity contribution in [2.75, 3.05) is 18.4 Å². The summed E-state index contributed by atoms with van der Waals surface area (Å²) in [6.07, 6.45) is -1.24. The normalized spacial score (nSPS) is 15.9. The van der Waals surface area contributed by atoms with E-state index in [4.69, 9.17) is 0 Å². The Morgan fingerprint density at radius 1 is 1.00 bits per heavy atom. The molecule has 2 aromatic carbocycles. The molecule has 0 unspecified atom stereocenters. The fraction of sp³-hybridized carbons (Fsp3) is 0.381. The Kier molecular flexibility index (Phi) is 6.90. The molecule has 1 fully saturated rings. The standard InChI is InChI=1S/C21H23F3N2O4S/c1-15-6-11-18(31(28,29)26-12-4-2-3-5-13-26)14-19(15)20(27)25-16-7-9-17(10-8-16)30-21(22,23)24/h6-11,14H,2-5,12-13H2,1H3,(H,25,27). The number of aryl methyl sites for hydroxylation is 1. The van der Waals surface area contributed by atoms with Crippen molar-refractivity contribution in [3.63, 3.8) is 0 Å². The summed E-state index contributed by atoms with van der Waals surface area (Å²) in [7, 11) is -3.72. The van der Waals surface area contributed by atoms with Crippen molar-refractivity contribution in [1.29, 1.82) is 0 Å². The van der Waals surface area contributed by atoms with Gasteiger partial charge in [-0.3, -0.25) is 4.79 Å². The van der Waals surface area contributed by atoms with Crippen LogP contribution in [-0.2, 0) is 10.0 Å². The van der Waals surface area contributed by atoms with Gasteiger partial charge in [0.15, 0.2) is 0 Å². The number of hydrogen-bond donors (Lipinski definition) is 1. The number of carbonyl (C=O) groups excluding carboxylic acids is 1. The van der Waals surface area contributed by atoms with E-state index in [2.05, 4.69) is 10.1 Å². The van der Waals surface area contributed by atoms with Crippen LogP contribution in [-0.4, -0.2) is 38.1 Å². The van der Waals surface area contributed by atoms with Gasteiger partial charge in [-0.15, -0.1) is 13.2 Å². The maximum absolute atomic E-state index is 13.0. The van der Waals surface area contributed by atoms with Crippen LogP contribution in [0.15, 0.2) is 47.4 Å². The van der Waals surface area contributed by atoms with E-state index in [1.807, 2.05) is 0 Å².